The fraction of sp³-hybridized carbons (Fsp3) is 0.214. The summed E-state index contributed by atoms with van der Waals surface area (Å²) >= 11 is 0. The Labute approximate surface area is 128 Å². The third kappa shape index (κ3) is 4.40. The summed E-state index contributed by atoms with van der Waals surface area (Å²) in [4.78, 5) is 3.71. The molecule has 2 aromatic rings. The lowest BCUT2D eigenvalue weighted by Gasteiger charge is -2.09. The molecule has 0 aliphatic heterocycles. The molecule has 0 atom stereocenters. The van der Waals surface area contributed by atoms with Gasteiger partial charge >= 0.3 is 0 Å². The molecule has 0 saturated carbocycles. The lowest BCUT2D eigenvalue weighted by molar-refractivity contribution is 0.146. The van der Waals surface area contributed by atoms with E-state index >= 15 is 0 Å². The van der Waals surface area contributed by atoms with E-state index < -0.39 is 15.8 Å². The summed E-state index contributed by atoms with van der Waals surface area (Å²) in [7, 11) is -2.22. The zero-order valence-corrected chi connectivity index (χ0v) is 12.6. The van der Waals surface area contributed by atoms with Crippen LogP contribution in [0.3, 0.4) is 0 Å². The number of nitrogens with one attached hydrogen (secondary N) is 1. The average Bonchev–Trinajstić information content (AvgIpc) is 2.50. The summed E-state index contributed by atoms with van der Waals surface area (Å²) in [6.45, 7) is 0.818. The van der Waals surface area contributed by atoms with Crippen molar-refractivity contribution < 1.29 is 22.3 Å². The molecule has 1 aromatic heterocycles. The molecule has 6 nitrogen and oxygen atoms in total. The topological polar surface area (TPSA) is 77.5 Å². The number of benzene rings is 1. The largest absolute Gasteiger partial charge is 0.491 e. The van der Waals surface area contributed by atoms with Gasteiger partial charge in [-0.05, 0) is 36.4 Å². The van der Waals surface area contributed by atoms with Gasteiger partial charge in [-0.25, -0.2) is 17.8 Å². The quantitative estimate of drug-likeness (QED) is 0.788. The summed E-state index contributed by atoms with van der Waals surface area (Å²) in [5, 5.41) is 0. The van der Waals surface area contributed by atoms with Gasteiger partial charge in [0.05, 0.1) is 17.7 Å². The Hall–Kier alpha value is -2.19. The highest BCUT2D eigenvalue weighted by atomic mass is 32.2. The Morgan fingerprint density at radius 2 is 1.86 bits per heavy atom. The number of nitrogens with zero attached hydrogens (tertiary/aromatic N) is 1. The van der Waals surface area contributed by atoms with E-state index in [9.17, 15) is 12.8 Å². The zero-order valence-electron chi connectivity index (χ0n) is 11.8. The van der Waals surface area contributed by atoms with Crippen molar-refractivity contribution in [2.45, 2.75) is 4.90 Å². The van der Waals surface area contributed by atoms with Crippen LogP contribution in [-0.2, 0) is 14.8 Å². The first-order valence-electron chi connectivity index (χ1n) is 6.37. The average molecular weight is 326 g/mol. The second kappa shape index (κ2) is 7.19. The van der Waals surface area contributed by atoms with Gasteiger partial charge in [-0.15, -0.1) is 0 Å². The molecule has 1 N–H and O–H groups in total. The molecule has 0 amide bonds. The monoisotopic (exact) mass is 326 g/mol. The van der Waals surface area contributed by atoms with E-state index in [2.05, 4.69) is 9.71 Å². The number of hydrogen-bond acceptors (Lipinski definition) is 5. The van der Waals surface area contributed by atoms with Crippen LogP contribution in [0.2, 0.25) is 0 Å². The van der Waals surface area contributed by atoms with Gasteiger partial charge in [-0.2, -0.15) is 0 Å². The standard InChI is InChI=1S/C14H15FN2O4S/c1-20-8-9-21-12-3-5-13(6-4-12)22(18,19)17-14-7-2-11(15)10-16-14/h2-7,10H,8-9H2,1H3,(H,16,17). The van der Waals surface area contributed by atoms with Gasteiger partial charge in [-0.3, -0.25) is 4.72 Å². The van der Waals surface area contributed by atoms with Gasteiger partial charge in [0.15, 0.2) is 0 Å². The Balaban J connectivity index is 2.07. The lowest BCUT2D eigenvalue weighted by Crippen LogP contribution is -2.14. The molecule has 8 heteroatoms. The van der Waals surface area contributed by atoms with Gasteiger partial charge in [0.2, 0.25) is 0 Å². The Bertz CT molecular complexity index is 703. The zero-order chi connectivity index (χ0) is 16.0. The van der Waals surface area contributed by atoms with Crippen molar-refractivity contribution in [1.82, 2.24) is 4.98 Å². The van der Waals surface area contributed by atoms with Crippen molar-refractivity contribution in [1.29, 1.82) is 0 Å². The molecule has 0 aliphatic carbocycles. The molecule has 0 bridgehead atoms. The van der Waals surface area contributed by atoms with Crippen LogP contribution in [0.1, 0.15) is 0 Å². The molecule has 0 spiro atoms. The van der Waals surface area contributed by atoms with Crippen LogP contribution >= 0.6 is 0 Å². The summed E-state index contributed by atoms with van der Waals surface area (Å²) in [6, 6.07) is 8.28. The molecular weight excluding hydrogens is 311 g/mol. The molecule has 1 aromatic carbocycles. The van der Waals surface area contributed by atoms with Crippen LogP contribution in [0.25, 0.3) is 0 Å². The van der Waals surface area contributed by atoms with Crippen LogP contribution in [0.5, 0.6) is 5.75 Å². The molecule has 0 saturated heterocycles. The fourth-order valence-corrected chi connectivity index (χ4v) is 2.60. The Morgan fingerprint density at radius 1 is 1.14 bits per heavy atom. The number of anilines is 1. The number of ether oxygens (including phenoxy) is 2. The first kappa shape index (κ1) is 16.2. The van der Waals surface area contributed by atoms with E-state index in [-0.39, 0.29) is 10.7 Å². The van der Waals surface area contributed by atoms with E-state index in [0.29, 0.717) is 19.0 Å². The third-order valence-electron chi connectivity index (χ3n) is 2.66. The van der Waals surface area contributed by atoms with Crippen molar-refractivity contribution in [3.63, 3.8) is 0 Å². The van der Waals surface area contributed by atoms with Crippen molar-refractivity contribution in [3.8, 4) is 5.75 Å². The van der Waals surface area contributed by atoms with Gasteiger partial charge < -0.3 is 9.47 Å². The molecule has 0 unspecified atom stereocenters. The number of halogens is 1. The first-order valence-corrected chi connectivity index (χ1v) is 7.86. The van der Waals surface area contributed by atoms with Crippen molar-refractivity contribution in [2.75, 3.05) is 25.0 Å². The van der Waals surface area contributed by atoms with Gasteiger partial charge in [-0.1, -0.05) is 0 Å². The van der Waals surface area contributed by atoms with Gasteiger partial charge in [0.1, 0.15) is 24.0 Å². The van der Waals surface area contributed by atoms with Crippen LogP contribution in [0.4, 0.5) is 10.2 Å². The van der Waals surface area contributed by atoms with Crippen LogP contribution in [0, 0.1) is 5.82 Å². The first-order chi connectivity index (χ1) is 10.5. The molecule has 2 rings (SSSR count). The summed E-state index contributed by atoms with van der Waals surface area (Å²) in [6.07, 6.45) is 0.935. The fourth-order valence-electron chi connectivity index (χ4n) is 1.59. The number of aromatic nitrogens is 1. The van der Waals surface area contributed by atoms with Crippen LogP contribution in [-0.4, -0.2) is 33.7 Å². The minimum atomic E-state index is -3.78. The molecular formula is C14H15FN2O4S. The highest BCUT2D eigenvalue weighted by Gasteiger charge is 2.14. The SMILES string of the molecule is COCCOc1ccc(S(=O)(=O)Nc2ccc(F)cn2)cc1. The number of pyridine rings is 1. The van der Waals surface area contributed by atoms with Gasteiger partial charge in [0.25, 0.3) is 10.0 Å². The number of methoxy groups -OCH3 is 1. The predicted octanol–water partition coefficient (Wildman–Crippen LogP) is 2.05. The Morgan fingerprint density at radius 3 is 2.45 bits per heavy atom. The van der Waals surface area contributed by atoms with Crippen molar-refractivity contribution in [2.24, 2.45) is 0 Å². The normalized spacial score (nSPS) is 11.2. The summed E-state index contributed by atoms with van der Waals surface area (Å²) < 4.78 is 49.5. The van der Waals surface area contributed by atoms with E-state index in [1.165, 1.54) is 18.2 Å². The molecule has 1 heterocycles. The number of sulfonamides is 1. The molecule has 118 valence electrons. The van der Waals surface area contributed by atoms with Crippen LogP contribution < -0.4 is 9.46 Å². The van der Waals surface area contributed by atoms with E-state index in [0.717, 1.165) is 12.3 Å². The smallest absolute Gasteiger partial charge is 0.263 e. The maximum atomic E-state index is 12.8. The minimum Gasteiger partial charge on any atom is -0.491 e. The summed E-state index contributed by atoms with van der Waals surface area (Å²) in [5.74, 6) is 0.0400. The number of hydrogen-bond donors (Lipinski definition) is 1. The molecule has 0 fully saturated rings. The maximum Gasteiger partial charge on any atom is 0.263 e. The summed E-state index contributed by atoms with van der Waals surface area (Å²) in [5.41, 5.74) is 0. The molecule has 22 heavy (non-hydrogen) atoms. The second-order valence-corrected chi connectivity index (χ2v) is 5.96. The van der Waals surface area contributed by atoms with E-state index in [1.54, 1.807) is 19.2 Å². The second-order valence-electron chi connectivity index (χ2n) is 4.28. The Kier molecular flexibility index (Phi) is 5.29. The molecule has 0 aliphatic rings. The van der Waals surface area contributed by atoms with E-state index in [4.69, 9.17) is 9.47 Å². The van der Waals surface area contributed by atoms with E-state index in [1.807, 2.05) is 0 Å². The highest BCUT2D eigenvalue weighted by Crippen LogP contribution is 2.18. The van der Waals surface area contributed by atoms with Crippen molar-refractivity contribution in [3.05, 3.63) is 48.4 Å². The lowest BCUT2D eigenvalue weighted by atomic mass is 10.3. The van der Waals surface area contributed by atoms with Crippen molar-refractivity contribution >= 4 is 15.8 Å². The van der Waals surface area contributed by atoms with Gasteiger partial charge in [0, 0.05) is 7.11 Å². The minimum absolute atomic E-state index is 0.0434. The van der Waals surface area contributed by atoms with Crippen LogP contribution in [0.15, 0.2) is 47.5 Å². The predicted molar refractivity (Wildman–Crippen MR) is 78.8 cm³/mol. The highest BCUT2D eigenvalue weighted by molar-refractivity contribution is 7.92. The maximum absolute atomic E-state index is 12.8. The number of rotatable bonds is 7. The third-order valence-corrected chi connectivity index (χ3v) is 4.03. The molecule has 0 radical (unpaired) electrons.